The van der Waals surface area contributed by atoms with Crippen LogP contribution in [0.1, 0.15) is 44.8 Å². The number of hydrogen-bond acceptors (Lipinski definition) is 3. The van der Waals surface area contributed by atoms with E-state index in [2.05, 4.69) is 48.7 Å². The Labute approximate surface area is 123 Å². The molecule has 0 aliphatic rings. The Balaban J connectivity index is 2.44. The Bertz CT molecular complexity index is 375. The van der Waals surface area contributed by atoms with Crippen molar-refractivity contribution in [2.24, 2.45) is 11.7 Å². The van der Waals surface area contributed by atoms with Crippen LogP contribution in [0.3, 0.4) is 0 Å². The Morgan fingerprint density at radius 1 is 1.20 bits per heavy atom. The molecule has 0 aliphatic carbocycles. The summed E-state index contributed by atoms with van der Waals surface area (Å²) in [5, 5.41) is 7.01. The zero-order chi connectivity index (χ0) is 14.8. The average Bonchev–Trinajstić information content (AvgIpc) is 2.49. The molecule has 1 aromatic carbocycles. The van der Waals surface area contributed by atoms with Crippen LogP contribution in [0.25, 0.3) is 0 Å². The van der Waals surface area contributed by atoms with Gasteiger partial charge in [-0.2, -0.15) is 0 Å². The van der Waals surface area contributed by atoms with E-state index >= 15 is 0 Å². The fourth-order valence-electron chi connectivity index (χ4n) is 2.32. The smallest absolute Gasteiger partial charge is 0.0835 e. The largest absolute Gasteiger partial charge is 0.405 e. The minimum atomic E-state index is 0.206. The highest BCUT2D eigenvalue weighted by molar-refractivity contribution is 5.18. The van der Waals surface area contributed by atoms with Gasteiger partial charge in [-0.05, 0) is 50.9 Å². The van der Waals surface area contributed by atoms with Crippen LogP contribution in [0.5, 0.6) is 0 Å². The first-order valence-corrected chi connectivity index (χ1v) is 7.54. The van der Waals surface area contributed by atoms with Crippen molar-refractivity contribution >= 4 is 0 Å². The third-order valence-electron chi connectivity index (χ3n) is 3.87. The lowest BCUT2D eigenvalue weighted by molar-refractivity contribution is 0.319. The Morgan fingerprint density at radius 3 is 2.50 bits per heavy atom. The number of rotatable bonds is 9. The lowest BCUT2D eigenvalue weighted by Crippen LogP contribution is -2.40. The number of allylic oxidation sites excluding steroid dienone is 1. The number of nitrogens with two attached hydrogens (primary N) is 1. The molecule has 112 valence electrons. The molecule has 20 heavy (non-hydrogen) atoms. The van der Waals surface area contributed by atoms with Crippen LogP contribution in [-0.2, 0) is 0 Å². The van der Waals surface area contributed by atoms with Crippen molar-refractivity contribution in [2.45, 2.75) is 45.3 Å². The third kappa shape index (κ3) is 5.76. The normalized spacial score (nSPS) is 16.1. The molecule has 3 atom stereocenters. The maximum atomic E-state index is 5.35. The highest BCUT2D eigenvalue weighted by Crippen LogP contribution is 2.16. The average molecular weight is 275 g/mol. The van der Waals surface area contributed by atoms with Crippen LogP contribution in [0.2, 0.25) is 0 Å². The summed E-state index contributed by atoms with van der Waals surface area (Å²) in [7, 11) is 1.99. The molecule has 1 rings (SSSR count). The molecular formula is C17H29N3. The van der Waals surface area contributed by atoms with Gasteiger partial charge in [0, 0.05) is 6.04 Å². The predicted octanol–water partition coefficient (Wildman–Crippen LogP) is 3.16. The van der Waals surface area contributed by atoms with Crippen LogP contribution < -0.4 is 16.4 Å². The summed E-state index contributed by atoms with van der Waals surface area (Å²) in [5.41, 5.74) is 6.63. The molecular weight excluding hydrogens is 246 g/mol. The molecule has 3 heteroatoms. The first-order valence-electron chi connectivity index (χ1n) is 7.54. The minimum absolute atomic E-state index is 0.206. The second kappa shape index (κ2) is 9.56. The van der Waals surface area contributed by atoms with Crippen molar-refractivity contribution in [2.75, 3.05) is 7.05 Å². The molecule has 0 aromatic heterocycles. The van der Waals surface area contributed by atoms with Gasteiger partial charge in [0.2, 0.25) is 0 Å². The molecule has 4 N–H and O–H groups in total. The van der Waals surface area contributed by atoms with Crippen molar-refractivity contribution in [3.8, 4) is 0 Å². The van der Waals surface area contributed by atoms with Crippen LogP contribution in [0.4, 0.5) is 0 Å². The summed E-state index contributed by atoms with van der Waals surface area (Å²) in [5.74, 6) is 0.640. The van der Waals surface area contributed by atoms with E-state index in [1.165, 1.54) is 18.4 Å². The number of unbranched alkanes of at least 4 members (excludes halogenated alkanes) is 1. The summed E-state index contributed by atoms with van der Waals surface area (Å²) in [6.07, 6.45) is 7.35. The number of benzene rings is 1. The molecule has 0 saturated carbocycles. The van der Waals surface area contributed by atoms with Gasteiger partial charge in [-0.1, -0.05) is 43.3 Å². The van der Waals surface area contributed by atoms with E-state index in [9.17, 15) is 0 Å². The molecule has 0 spiro atoms. The highest BCUT2D eigenvalue weighted by Gasteiger charge is 2.16. The molecule has 1 aromatic rings. The van der Waals surface area contributed by atoms with Crippen LogP contribution >= 0.6 is 0 Å². The molecule has 3 nitrogen and oxygen atoms in total. The second-order valence-electron chi connectivity index (χ2n) is 5.42. The molecule has 0 bridgehead atoms. The number of hydrogen-bond donors (Lipinski definition) is 3. The van der Waals surface area contributed by atoms with Gasteiger partial charge in [0.25, 0.3) is 0 Å². The van der Waals surface area contributed by atoms with E-state index in [1.807, 2.05) is 19.2 Å². The standard InChI is InChI=1S/C17H29N3/c1-14(10-6-5-9-13-18)15(2)20-17(19-3)16-11-7-4-8-12-16/h4,7-9,11-15,17,19-20H,5-6,10,18H2,1-3H3/b13-9-/t14?,15?,17-/m0/s1. The molecule has 0 radical (unpaired) electrons. The van der Waals surface area contributed by atoms with Gasteiger partial charge < -0.3 is 11.1 Å². The van der Waals surface area contributed by atoms with Crippen molar-refractivity contribution in [1.82, 2.24) is 10.6 Å². The van der Waals surface area contributed by atoms with Crippen LogP contribution in [0, 0.1) is 5.92 Å². The van der Waals surface area contributed by atoms with E-state index in [0.717, 1.165) is 6.42 Å². The van der Waals surface area contributed by atoms with E-state index in [-0.39, 0.29) is 6.17 Å². The monoisotopic (exact) mass is 275 g/mol. The highest BCUT2D eigenvalue weighted by atomic mass is 15.1. The molecule has 0 amide bonds. The molecule has 0 saturated heterocycles. The lowest BCUT2D eigenvalue weighted by Gasteiger charge is -2.27. The third-order valence-corrected chi connectivity index (χ3v) is 3.87. The fourth-order valence-corrected chi connectivity index (χ4v) is 2.32. The Kier molecular flexibility index (Phi) is 8.00. The van der Waals surface area contributed by atoms with Crippen LogP contribution in [-0.4, -0.2) is 13.1 Å². The Hall–Kier alpha value is -1.32. The first kappa shape index (κ1) is 16.7. The van der Waals surface area contributed by atoms with E-state index in [0.29, 0.717) is 12.0 Å². The fraction of sp³-hybridized carbons (Fsp3) is 0.529. The Morgan fingerprint density at radius 2 is 1.90 bits per heavy atom. The topological polar surface area (TPSA) is 50.1 Å². The molecule has 0 fully saturated rings. The van der Waals surface area contributed by atoms with Gasteiger partial charge in [0.15, 0.2) is 0 Å². The van der Waals surface area contributed by atoms with E-state index in [4.69, 9.17) is 5.73 Å². The van der Waals surface area contributed by atoms with Crippen molar-refractivity contribution in [3.05, 3.63) is 48.2 Å². The maximum absolute atomic E-state index is 5.35. The van der Waals surface area contributed by atoms with E-state index in [1.54, 1.807) is 6.20 Å². The zero-order valence-corrected chi connectivity index (χ0v) is 13.0. The summed E-state index contributed by atoms with van der Waals surface area (Å²) in [4.78, 5) is 0. The van der Waals surface area contributed by atoms with Gasteiger partial charge in [-0.3, -0.25) is 5.32 Å². The van der Waals surface area contributed by atoms with Crippen molar-refractivity contribution < 1.29 is 0 Å². The van der Waals surface area contributed by atoms with E-state index < -0.39 is 0 Å². The summed E-state index contributed by atoms with van der Waals surface area (Å²) in [6, 6.07) is 11.0. The quantitative estimate of drug-likeness (QED) is 0.479. The zero-order valence-electron chi connectivity index (χ0n) is 13.0. The van der Waals surface area contributed by atoms with Gasteiger partial charge >= 0.3 is 0 Å². The summed E-state index contributed by atoms with van der Waals surface area (Å²) in [6.45, 7) is 4.57. The van der Waals surface area contributed by atoms with Gasteiger partial charge in [0.1, 0.15) is 0 Å². The SMILES string of the molecule is CN[C@@H](NC(C)C(C)CCC/C=C\N)c1ccccc1. The minimum Gasteiger partial charge on any atom is -0.405 e. The number of nitrogens with one attached hydrogen (secondary N) is 2. The summed E-state index contributed by atoms with van der Waals surface area (Å²) < 4.78 is 0. The lowest BCUT2D eigenvalue weighted by atomic mass is 9.96. The van der Waals surface area contributed by atoms with Gasteiger partial charge in [-0.25, -0.2) is 0 Å². The van der Waals surface area contributed by atoms with Crippen LogP contribution in [0.15, 0.2) is 42.6 Å². The van der Waals surface area contributed by atoms with Gasteiger partial charge in [0.05, 0.1) is 6.17 Å². The van der Waals surface area contributed by atoms with Crippen molar-refractivity contribution in [1.29, 1.82) is 0 Å². The predicted molar refractivity (Wildman–Crippen MR) is 87.2 cm³/mol. The van der Waals surface area contributed by atoms with Gasteiger partial charge in [-0.15, -0.1) is 0 Å². The molecule has 0 heterocycles. The summed E-state index contributed by atoms with van der Waals surface area (Å²) >= 11 is 0. The van der Waals surface area contributed by atoms with Crippen molar-refractivity contribution in [3.63, 3.8) is 0 Å². The maximum Gasteiger partial charge on any atom is 0.0835 e. The first-order chi connectivity index (χ1) is 9.69. The molecule has 2 unspecified atom stereocenters. The second-order valence-corrected chi connectivity index (χ2v) is 5.42. The molecule has 0 aliphatic heterocycles.